The van der Waals surface area contributed by atoms with Crippen molar-refractivity contribution in [3.05, 3.63) is 24.2 Å². The second kappa shape index (κ2) is 4.49. The Labute approximate surface area is 89.0 Å². The van der Waals surface area contributed by atoms with Gasteiger partial charge in [0, 0.05) is 12.6 Å². The van der Waals surface area contributed by atoms with Crippen molar-refractivity contribution in [3.63, 3.8) is 0 Å². The molecular weight excluding hydrogens is 192 g/mol. The van der Waals surface area contributed by atoms with Crippen LogP contribution in [0.4, 0.5) is 0 Å². The molecule has 0 radical (unpaired) electrons. The van der Waals surface area contributed by atoms with Gasteiger partial charge in [-0.05, 0) is 24.9 Å². The van der Waals surface area contributed by atoms with Crippen molar-refractivity contribution in [1.29, 1.82) is 0 Å². The third-order valence-corrected chi connectivity index (χ3v) is 2.93. The van der Waals surface area contributed by atoms with E-state index in [0.29, 0.717) is 11.5 Å². The highest BCUT2D eigenvalue weighted by Gasteiger charge is 2.23. The zero-order valence-corrected chi connectivity index (χ0v) is 8.82. The summed E-state index contributed by atoms with van der Waals surface area (Å²) in [7, 11) is 0. The van der Waals surface area contributed by atoms with Crippen molar-refractivity contribution in [2.24, 2.45) is 5.92 Å². The first kappa shape index (κ1) is 10.2. The maximum atomic E-state index is 11.7. The van der Waals surface area contributed by atoms with Crippen LogP contribution in [-0.4, -0.2) is 25.0 Å². The van der Waals surface area contributed by atoms with Gasteiger partial charge >= 0.3 is 0 Å². The van der Waals surface area contributed by atoms with Crippen molar-refractivity contribution in [2.45, 2.75) is 19.4 Å². The lowest BCUT2D eigenvalue weighted by Gasteiger charge is -2.30. The summed E-state index contributed by atoms with van der Waals surface area (Å²) in [6.45, 7) is 4.06. The molecule has 2 unspecified atom stereocenters. The van der Waals surface area contributed by atoms with Gasteiger partial charge in [-0.2, -0.15) is 0 Å². The summed E-state index contributed by atoms with van der Waals surface area (Å²) in [5.41, 5.74) is 0.591. The van der Waals surface area contributed by atoms with Crippen molar-refractivity contribution in [1.82, 2.24) is 10.6 Å². The van der Waals surface area contributed by atoms with Crippen molar-refractivity contribution in [2.75, 3.05) is 13.1 Å². The number of carbonyl (C=O) groups is 1. The maximum absolute atomic E-state index is 11.7. The molecule has 2 heterocycles. The molecule has 1 amide bonds. The van der Waals surface area contributed by atoms with E-state index in [2.05, 4.69) is 17.6 Å². The summed E-state index contributed by atoms with van der Waals surface area (Å²) >= 11 is 0. The van der Waals surface area contributed by atoms with Crippen LogP contribution in [0.25, 0.3) is 0 Å². The number of piperidine rings is 1. The number of nitrogens with one attached hydrogen (secondary N) is 2. The highest BCUT2D eigenvalue weighted by molar-refractivity contribution is 5.93. The van der Waals surface area contributed by atoms with Crippen LogP contribution in [0.2, 0.25) is 0 Å². The Bertz CT molecular complexity index is 321. The van der Waals surface area contributed by atoms with Gasteiger partial charge in [0.25, 0.3) is 5.91 Å². The Hall–Kier alpha value is -1.29. The Balaban J connectivity index is 1.93. The van der Waals surface area contributed by atoms with E-state index in [-0.39, 0.29) is 11.9 Å². The molecule has 4 nitrogen and oxygen atoms in total. The number of hydrogen-bond acceptors (Lipinski definition) is 3. The molecule has 15 heavy (non-hydrogen) atoms. The summed E-state index contributed by atoms with van der Waals surface area (Å²) in [6, 6.07) is 1.90. The van der Waals surface area contributed by atoms with E-state index in [1.165, 1.54) is 12.5 Å². The Morgan fingerprint density at radius 2 is 2.53 bits per heavy atom. The molecule has 0 spiro atoms. The number of hydrogen-bond donors (Lipinski definition) is 2. The predicted octanol–water partition coefficient (Wildman–Crippen LogP) is 1.01. The van der Waals surface area contributed by atoms with Crippen LogP contribution in [-0.2, 0) is 0 Å². The molecule has 82 valence electrons. The van der Waals surface area contributed by atoms with Gasteiger partial charge in [-0.15, -0.1) is 0 Å². The Morgan fingerprint density at radius 1 is 1.67 bits per heavy atom. The van der Waals surface area contributed by atoms with E-state index in [0.717, 1.165) is 19.5 Å². The summed E-state index contributed by atoms with van der Waals surface area (Å²) in [5.74, 6) is 0.478. The van der Waals surface area contributed by atoms with Gasteiger partial charge in [0.05, 0.1) is 11.8 Å². The molecule has 0 bridgehead atoms. The molecule has 0 aromatic carbocycles. The van der Waals surface area contributed by atoms with Gasteiger partial charge < -0.3 is 15.1 Å². The van der Waals surface area contributed by atoms with Gasteiger partial charge in [-0.1, -0.05) is 6.92 Å². The second-order valence-electron chi connectivity index (χ2n) is 4.06. The SMILES string of the molecule is CC1CCNCC1NC(=O)c1ccoc1. The van der Waals surface area contributed by atoms with Crippen molar-refractivity contribution in [3.8, 4) is 0 Å². The minimum Gasteiger partial charge on any atom is -0.472 e. The lowest BCUT2D eigenvalue weighted by molar-refractivity contribution is 0.0914. The first-order valence-corrected chi connectivity index (χ1v) is 5.31. The zero-order chi connectivity index (χ0) is 10.7. The molecule has 4 heteroatoms. The Morgan fingerprint density at radius 3 is 3.20 bits per heavy atom. The van der Waals surface area contributed by atoms with Gasteiger partial charge in [-0.25, -0.2) is 0 Å². The van der Waals surface area contributed by atoms with Crippen LogP contribution in [0, 0.1) is 5.92 Å². The molecule has 1 fully saturated rings. The largest absolute Gasteiger partial charge is 0.472 e. The second-order valence-corrected chi connectivity index (χ2v) is 4.06. The molecule has 1 aliphatic heterocycles. The summed E-state index contributed by atoms with van der Waals surface area (Å²) in [6.07, 6.45) is 4.09. The normalized spacial score (nSPS) is 26.2. The number of rotatable bonds is 2. The van der Waals surface area contributed by atoms with Crippen molar-refractivity contribution < 1.29 is 9.21 Å². The molecular formula is C11H16N2O2. The fourth-order valence-corrected chi connectivity index (χ4v) is 1.83. The first-order chi connectivity index (χ1) is 7.27. The van der Waals surface area contributed by atoms with E-state index in [9.17, 15) is 4.79 Å². The monoisotopic (exact) mass is 208 g/mol. The molecule has 0 aliphatic carbocycles. The van der Waals surface area contributed by atoms with Gasteiger partial charge in [0.1, 0.15) is 6.26 Å². The van der Waals surface area contributed by atoms with Crippen molar-refractivity contribution >= 4 is 5.91 Å². The summed E-state index contributed by atoms with van der Waals surface area (Å²) < 4.78 is 4.88. The lowest BCUT2D eigenvalue weighted by Crippen LogP contribution is -2.50. The Kier molecular flexibility index (Phi) is 3.06. The molecule has 1 aromatic heterocycles. The van der Waals surface area contributed by atoms with Crippen LogP contribution in [0.1, 0.15) is 23.7 Å². The first-order valence-electron chi connectivity index (χ1n) is 5.31. The van der Waals surface area contributed by atoms with Crippen LogP contribution < -0.4 is 10.6 Å². The van der Waals surface area contributed by atoms with E-state index in [1.54, 1.807) is 6.07 Å². The quantitative estimate of drug-likeness (QED) is 0.762. The molecule has 2 atom stereocenters. The fourth-order valence-electron chi connectivity index (χ4n) is 1.83. The van der Waals surface area contributed by atoms with Crippen LogP contribution in [0.5, 0.6) is 0 Å². The van der Waals surface area contributed by atoms with E-state index >= 15 is 0 Å². The highest BCUT2D eigenvalue weighted by atomic mass is 16.3. The third-order valence-electron chi connectivity index (χ3n) is 2.93. The topological polar surface area (TPSA) is 54.3 Å². The van der Waals surface area contributed by atoms with Gasteiger partial charge in [-0.3, -0.25) is 4.79 Å². The van der Waals surface area contributed by atoms with Crippen LogP contribution in [0.3, 0.4) is 0 Å². The minimum atomic E-state index is -0.0516. The van der Waals surface area contributed by atoms with E-state index < -0.39 is 0 Å². The van der Waals surface area contributed by atoms with E-state index in [4.69, 9.17) is 4.42 Å². The average molecular weight is 208 g/mol. The number of amides is 1. The zero-order valence-electron chi connectivity index (χ0n) is 8.82. The summed E-state index contributed by atoms with van der Waals surface area (Å²) in [5, 5.41) is 6.29. The van der Waals surface area contributed by atoms with Crippen LogP contribution >= 0.6 is 0 Å². The summed E-state index contributed by atoms with van der Waals surface area (Å²) in [4.78, 5) is 11.7. The molecule has 2 N–H and O–H groups in total. The minimum absolute atomic E-state index is 0.0516. The molecule has 2 rings (SSSR count). The lowest BCUT2D eigenvalue weighted by atomic mass is 9.94. The highest BCUT2D eigenvalue weighted by Crippen LogP contribution is 2.12. The average Bonchev–Trinajstić information content (AvgIpc) is 2.74. The van der Waals surface area contributed by atoms with E-state index in [1.807, 2.05) is 0 Å². The molecule has 0 saturated carbocycles. The molecule has 1 aliphatic rings. The smallest absolute Gasteiger partial charge is 0.254 e. The number of furan rings is 1. The van der Waals surface area contributed by atoms with Crippen LogP contribution in [0.15, 0.2) is 23.0 Å². The molecule has 1 saturated heterocycles. The van der Waals surface area contributed by atoms with Gasteiger partial charge in [0.15, 0.2) is 0 Å². The maximum Gasteiger partial charge on any atom is 0.254 e. The number of carbonyl (C=O) groups excluding carboxylic acids is 1. The predicted molar refractivity (Wildman–Crippen MR) is 56.6 cm³/mol. The fraction of sp³-hybridized carbons (Fsp3) is 0.545. The third kappa shape index (κ3) is 2.39. The van der Waals surface area contributed by atoms with Gasteiger partial charge in [0.2, 0.25) is 0 Å². The molecule has 1 aromatic rings. The standard InChI is InChI=1S/C11H16N2O2/c1-8-2-4-12-6-10(8)13-11(14)9-3-5-15-7-9/h3,5,7-8,10,12H,2,4,6H2,1H3,(H,13,14).